The Morgan fingerprint density at radius 3 is 1.42 bits per heavy atom. The van der Waals surface area contributed by atoms with Gasteiger partial charge >= 0.3 is 0 Å². The monoisotopic (exact) mass is 464 g/mol. The van der Waals surface area contributed by atoms with Crippen molar-refractivity contribution in [3.05, 3.63) is 56.6 Å². The van der Waals surface area contributed by atoms with Crippen LogP contribution in [0.3, 0.4) is 0 Å². The Hall–Kier alpha value is -2.58. The Morgan fingerprint density at radius 1 is 0.697 bits per heavy atom. The summed E-state index contributed by atoms with van der Waals surface area (Å²) in [7, 11) is 0. The number of hydrogen-bond donors (Lipinski definition) is 2. The molecule has 8 heteroatoms. The summed E-state index contributed by atoms with van der Waals surface area (Å²) in [5.41, 5.74) is -1.52. The second-order valence-electron chi connectivity index (χ2n) is 9.54. The van der Waals surface area contributed by atoms with Crippen LogP contribution in [0.5, 0.6) is 11.5 Å². The fourth-order valence-corrected chi connectivity index (χ4v) is 3.46. The predicted molar refractivity (Wildman–Crippen MR) is 124 cm³/mol. The van der Waals surface area contributed by atoms with E-state index in [1.807, 2.05) is 27.7 Å². The van der Waals surface area contributed by atoms with Crippen molar-refractivity contribution in [3.63, 3.8) is 0 Å². The Labute approximate surface area is 194 Å². The van der Waals surface area contributed by atoms with Crippen molar-refractivity contribution in [2.45, 2.75) is 70.6 Å². The molecule has 184 valence electrons. The van der Waals surface area contributed by atoms with Crippen LogP contribution in [-0.2, 0) is 20.3 Å². The quantitative estimate of drug-likeness (QED) is 0.398. The molecule has 2 heterocycles. The third-order valence-corrected chi connectivity index (χ3v) is 5.72. The van der Waals surface area contributed by atoms with E-state index in [4.69, 9.17) is 18.3 Å². The number of aromatic hydroxyl groups is 2. The molecule has 0 aliphatic rings. The standard InChI is InChI=1S/C25H36O8/c1-24(2,22-14-18(26)20(28)16-32-22)8-5-10-30-12-7-13-31-11-6-9-25(3,4)23-15-19(27)21(29)17-33-23/h14-17,28-29H,5-13H2,1-4H3. The molecule has 0 aromatic carbocycles. The average Bonchev–Trinajstić information content (AvgIpc) is 2.75. The molecule has 0 aliphatic carbocycles. The molecule has 0 spiro atoms. The van der Waals surface area contributed by atoms with Crippen molar-refractivity contribution in [2.24, 2.45) is 0 Å². The molecule has 2 rings (SSSR count). The van der Waals surface area contributed by atoms with E-state index in [-0.39, 0.29) is 22.3 Å². The molecule has 2 N–H and O–H groups in total. The molecule has 0 radical (unpaired) electrons. The Balaban J connectivity index is 1.54. The maximum atomic E-state index is 11.6. The molecule has 0 bridgehead atoms. The molecule has 0 aliphatic heterocycles. The molecular formula is C25H36O8. The summed E-state index contributed by atoms with van der Waals surface area (Å²) in [4.78, 5) is 23.2. The predicted octanol–water partition coefficient (Wildman–Crippen LogP) is 4.24. The first-order chi connectivity index (χ1) is 15.5. The van der Waals surface area contributed by atoms with Crippen LogP contribution in [0.15, 0.2) is 43.1 Å². The summed E-state index contributed by atoms with van der Waals surface area (Å²) in [6.07, 6.45) is 6.18. The number of hydrogen-bond acceptors (Lipinski definition) is 8. The van der Waals surface area contributed by atoms with E-state index in [1.165, 1.54) is 12.1 Å². The van der Waals surface area contributed by atoms with Gasteiger partial charge in [-0.25, -0.2) is 0 Å². The van der Waals surface area contributed by atoms with E-state index >= 15 is 0 Å². The van der Waals surface area contributed by atoms with Crippen LogP contribution in [-0.4, -0.2) is 36.6 Å². The molecule has 0 saturated carbocycles. The van der Waals surface area contributed by atoms with Crippen LogP contribution in [0.4, 0.5) is 0 Å². The Kier molecular flexibility index (Phi) is 9.73. The molecule has 0 amide bonds. The van der Waals surface area contributed by atoms with Crippen LogP contribution in [0, 0.1) is 0 Å². The Morgan fingerprint density at radius 2 is 1.06 bits per heavy atom. The second-order valence-corrected chi connectivity index (χ2v) is 9.54. The third kappa shape index (κ3) is 8.37. The van der Waals surface area contributed by atoms with Crippen molar-refractivity contribution in [1.82, 2.24) is 0 Å². The van der Waals surface area contributed by atoms with Gasteiger partial charge in [0.1, 0.15) is 24.0 Å². The van der Waals surface area contributed by atoms with Crippen LogP contribution < -0.4 is 10.9 Å². The molecule has 0 atom stereocenters. The van der Waals surface area contributed by atoms with Crippen LogP contribution >= 0.6 is 0 Å². The molecular weight excluding hydrogens is 428 g/mol. The van der Waals surface area contributed by atoms with Gasteiger partial charge in [0.15, 0.2) is 11.5 Å². The minimum absolute atomic E-state index is 0.324. The first-order valence-corrected chi connectivity index (χ1v) is 11.3. The lowest BCUT2D eigenvalue weighted by Gasteiger charge is -2.23. The largest absolute Gasteiger partial charge is 0.502 e. The molecule has 0 unspecified atom stereocenters. The highest BCUT2D eigenvalue weighted by molar-refractivity contribution is 5.20. The Bertz CT molecular complexity index is 907. The van der Waals surface area contributed by atoms with Crippen LogP contribution in [0.25, 0.3) is 0 Å². The van der Waals surface area contributed by atoms with Gasteiger partial charge in [-0.15, -0.1) is 0 Å². The second kappa shape index (κ2) is 12.0. The summed E-state index contributed by atoms with van der Waals surface area (Å²) in [5.74, 6) is 0.341. The highest BCUT2D eigenvalue weighted by Crippen LogP contribution is 2.29. The summed E-state index contributed by atoms with van der Waals surface area (Å²) in [6.45, 7) is 10.4. The van der Waals surface area contributed by atoms with E-state index in [2.05, 4.69) is 0 Å². The van der Waals surface area contributed by atoms with Gasteiger partial charge in [-0.3, -0.25) is 9.59 Å². The maximum absolute atomic E-state index is 11.6. The van der Waals surface area contributed by atoms with Crippen molar-refractivity contribution < 1.29 is 28.5 Å². The average molecular weight is 465 g/mol. The van der Waals surface area contributed by atoms with E-state index < -0.39 is 10.9 Å². The SMILES string of the molecule is CC(C)(CCCOCCCOCCCC(C)(C)c1cc(=O)c(O)co1)c1cc(=O)c(O)co1. The lowest BCUT2D eigenvalue weighted by molar-refractivity contribution is 0.0761. The fourth-order valence-electron chi connectivity index (χ4n) is 3.46. The van der Waals surface area contributed by atoms with E-state index in [1.54, 1.807) is 0 Å². The van der Waals surface area contributed by atoms with Crippen molar-refractivity contribution >= 4 is 0 Å². The molecule has 2 aromatic heterocycles. The van der Waals surface area contributed by atoms with Gasteiger partial charge in [0.05, 0.1) is 0 Å². The van der Waals surface area contributed by atoms with Crippen molar-refractivity contribution in [2.75, 3.05) is 26.4 Å². The van der Waals surface area contributed by atoms with Crippen LogP contribution in [0.1, 0.15) is 71.3 Å². The zero-order valence-electron chi connectivity index (χ0n) is 20.0. The molecule has 2 aromatic rings. The zero-order chi connectivity index (χ0) is 24.5. The lowest BCUT2D eigenvalue weighted by atomic mass is 9.85. The smallest absolute Gasteiger partial charge is 0.226 e. The highest BCUT2D eigenvalue weighted by Gasteiger charge is 2.25. The lowest BCUT2D eigenvalue weighted by Crippen LogP contribution is -2.20. The molecule has 8 nitrogen and oxygen atoms in total. The van der Waals surface area contributed by atoms with E-state index in [0.29, 0.717) is 37.9 Å². The fraction of sp³-hybridized carbons (Fsp3) is 0.600. The first kappa shape index (κ1) is 26.7. The summed E-state index contributed by atoms with van der Waals surface area (Å²) in [6, 6.07) is 2.68. The third-order valence-electron chi connectivity index (χ3n) is 5.72. The maximum Gasteiger partial charge on any atom is 0.226 e. The van der Waals surface area contributed by atoms with Gasteiger partial charge in [-0.2, -0.15) is 0 Å². The van der Waals surface area contributed by atoms with Gasteiger partial charge in [0.25, 0.3) is 0 Å². The number of rotatable bonds is 14. The molecule has 0 saturated heterocycles. The minimum Gasteiger partial charge on any atom is -0.502 e. The molecule has 0 fully saturated rings. The topological polar surface area (TPSA) is 119 Å². The zero-order valence-corrected chi connectivity index (χ0v) is 20.0. The molecule has 33 heavy (non-hydrogen) atoms. The van der Waals surface area contributed by atoms with Gasteiger partial charge in [-0.05, 0) is 32.1 Å². The summed E-state index contributed by atoms with van der Waals surface area (Å²) < 4.78 is 22.1. The first-order valence-electron chi connectivity index (χ1n) is 11.3. The van der Waals surface area contributed by atoms with E-state index in [0.717, 1.165) is 44.6 Å². The van der Waals surface area contributed by atoms with Crippen LogP contribution in [0.2, 0.25) is 0 Å². The van der Waals surface area contributed by atoms with Gasteiger partial charge in [0.2, 0.25) is 10.9 Å². The van der Waals surface area contributed by atoms with Crippen molar-refractivity contribution in [3.8, 4) is 11.5 Å². The van der Waals surface area contributed by atoms with Gasteiger partial charge in [-0.1, -0.05) is 27.7 Å². The van der Waals surface area contributed by atoms with Gasteiger partial charge in [0, 0.05) is 49.4 Å². The summed E-state index contributed by atoms with van der Waals surface area (Å²) in [5, 5.41) is 18.6. The normalized spacial score (nSPS) is 12.2. The number of ether oxygens (including phenoxy) is 2. The van der Waals surface area contributed by atoms with E-state index in [9.17, 15) is 19.8 Å². The highest BCUT2D eigenvalue weighted by atomic mass is 16.5. The summed E-state index contributed by atoms with van der Waals surface area (Å²) >= 11 is 0. The minimum atomic E-state index is -0.434. The van der Waals surface area contributed by atoms with Gasteiger partial charge < -0.3 is 28.5 Å². The van der Waals surface area contributed by atoms with Crippen molar-refractivity contribution in [1.29, 1.82) is 0 Å².